The second kappa shape index (κ2) is 6.17. The van der Waals surface area contributed by atoms with Gasteiger partial charge in [-0.2, -0.15) is 0 Å². The van der Waals surface area contributed by atoms with Crippen LogP contribution in [0.15, 0.2) is 24.3 Å². The predicted molar refractivity (Wildman–Crippen MR) is 68.5 cm³/mol. The molecule has 1 N–H and O–H groups in total. The predicted octanol–water partition coefficient (Wildman–Crippen LogP) is 1.48. The molecule has 1 rings (SSSR count). The third-order valence-corrected chi connectivity index (χ3v) is 2.96. The van der Waals surface area contributed by atoms with Gasteiger partial charge in [-0.25, -0.2) is 13.2 Å². The van der Waals surface area contributed by atoms with Crippen LogP contribution in [0.4, 0.5) is 0 Å². The normalized spacial score (nSPS) is 11.6. The molecule has 0 spiro atoms. The van der Waals surface area contributed by atoms with Crippen LogP contribution in [0.25, 0.3) is 0 Å². The van der Waals surface area contributed by atoms with Crippen LogP contribution in [0, 0.1) is 5.41 Å². The van der Waals surface area contributed by atoms with E-state index in [9.17, 15) is 13.2 Å². The fourth-order valence-corrected chi connectivity index (χ4v) is 1.77. The Morgan fingerprint density at radius 1 is 1.39 bits per heavy atom. The number of halogens is 1. The van der Waals surface area contributed by atoms with Gasteiger partial charge in [-0.3, -0.25) is 0 Å². The first-order valence-electron chi connectivity index (χ1n) is 5.17. The Labute approximate surface area is 112 Å². The van der Waals surface area contributed by atoms with Crippen LogP contribution in [-0.4, -0.2) is 14.4 Å². The largest absolute Gasteiger partial charge is 0.355 e. The molecular weight excluding hydrogens is 278 g/mol. The van der Waals surface area contributed by atoms with Crippen LogP contribution in [0.2, 0.25) is 5.02 Å². The number of carbonyl (C=O) groups excluding carboxylic acids is 1. The van der Waals surface area contributed by atoms with Gasteiger partial charge >= 0.3 is 5.97 Å². The van der Waals surface area contributed by atoms with Gasteiger partial charge in [0, 0.05) is 5.02 Å². The molecule has 0 aliphatic carbocycles. The zero-order chi connectivity index (χ0) is 13.8. The van der Waals surface area contributed by atoms with E-state index in [2.05, 4.69) is 4.84 Å². The average Bonchev–Trinajstić information content (AvgIpc) is 2.28. The van der Waals surface area contributed by atoms with Gasteiger partial charge in [0.05, 0.1) is 5.41 Å². The summed E-state index contributed by atoms with van der Waals surface area (Å²) in [5.41, 5.74) is -0.0868. The fourth-order valence-electron chi connectivity index (χ4n) is 1.41. The summed E-state index contributed by atoms with van der Waals surface area (Å²) in [6.07, 6.45) is 0.350. The Morgan fingerprint density at radius 2 is 2.00 bits per heavy atom. The summed E-state index contributed by atoms with van der Waals surface area (Å²) in [5, 5.41) is 0.557. The first kappa shape index (κ1) is 14.9. The number of nitrogens with one attached hydrogen (secondary N) is 1. The lowest BCUT2D eigenvalue weighted by Gasteiger charge is -2.21. The van der Waals surface area contributed by atoms with Gasteiger partial charge in [0.2, 0.25) is 10.9 Å². The van der Waals surface area contributed by atoms with Gasteiger partial charge in [-0.05, 0) is 36.8 Å². The SMILES string of the molecule is CC(C)(Cc1ccccc1Cl)C(=O)ON[SH](=O)=O. The third-order valence-electron chi connectivity index (χ3n) is 2.36. The lowest BCUT2D eigenvalue weighted by atomic mass is 9.86. The molecule has 0 saturated heterocycles. The number of benzene rings is 1. The highest BCUT2D eigenvalue weighted by atomic mass is 35.5. The van der Waals surface area contributed by atoms with Gasteiger partial charge < -0.3 is 4.84 Å². The van der Waals surface area contributed by atoms with Crippen molar-refractivity contribution >= 4 is 28.5 Å². The molecule has 1 aromatic carbocycles. The van der Waals surface area contributed by atoms with Gasteiger partial charge in [0.15, 0.2) is 0 Å². The van der Waals surface area contributed by atoms with E-state index in [0.29, 0.717) is 11.4 Å². The lowest BCUT2D eigenvalue weighted by molar-refractivity contribution is -0.157. The number of carbonyl (C=O) groups is 1. The standard InChI is InChI=1S/C11H14ClNO4S/c1-11(2,10(14)17-13-18(15)16)7-8-5-3-4-6-9(8)12/h3-6,18H,7H2,1-2H3,(H,13,15,16). The first-order valence-corrected chi connectivity index (χ1v) is 6.73. The van der Waals surface area contributed by atoms with Crippen molar-refractivity contribution in [2.45, 2.75) is 20.3 Å². The van der Waals surface area contributed by atoms with Crippen molar-refractivity contribution in [3.63, 3.8) is 0 Å². The topological polar surface area (TPSA) is 72.5 Å². The lowest BCUT2D eigenvalue weighted by Crippen LogP contribution is -2.33. The second-order valence-electron chi connectivity index (χ2n) is 4.39. The highest BCUT2D eigenvalue weighted by Gasteiger charge is 2.31. The molecule has 100 valence electrons. The number of hydrogen-bond acceptors (Lipinski definition) is 4. The summed E-state index contributed by atoms with van der Waals surface area (Å²) < 4.78 is 20.5. The summed E-state index contributed by atoms with van der Waals surface area (Å²) >= 11 is 6.00. The summed E-state index contributed by atoms with van der Waals surface area (Å²) in [7, 11) is -2.96. The minimum absolute atomic E-state index is 0.350. The maximum atomic E-state index is 11.7. The fraction of sp³-hybridized carbons (Fsp3) is 0.364. The molecule has 5 nitrogen and oxygen atoms in total. The highest BCUT2D eigenvalue weighted by molar-refractivity contribution is 7.70. The zero-order valence-electron chi connectivity index (χ0n) is 9.97. The molecule has 0 aliphatic rings. The van der Waals surface area contributed by atoms with Crippen molar-refractivity contribution < 1.29 is 18.0 Å². The number of thiol groups is 1. The van der Waals surface area contributed by atoms with Crippen molar-refractivity contribution in [2.75, 3.05) is 0 Å². The van der Waals surface area contributed by atoms with E-state index >= 15 is 0 Å². The van der Waals surface area contributed by atoms with Crippen LogP contribution >= 0.6 is 11.6 Å². The van der Waals surface area contributed by atoms with Crippen molar-refractivity contribution in [1.82, 2.24) is 4.89 Å². The molecular formula is C11H14ClNO4S. The summed E-state index contributed by atoms with van der Waals surface area (Å²) in [6, 6.07) is 7.14. The molecule has 0 aromatic heterocycles. The van der Waals surface area contributed by atoms with E-state index in [-0.39, 0.29) is 0 Å². The van der Waals surface area contributed by atoms with E-state index in [1.165, 1.54) is 0 Å². The van der Waals surface area contributed by atoms with Gasteiger partial charge in [0.1, 0.15) is 0 Å². The quantitative estimate of drug-likeness (QED) is 0.637. The molecule has 1 aromatic rings. The Balaban J connectivity index is 2.75. The smallest absolute Gasteiger partial charge is 0.332 e. The summed E-state index contributed by atoms with van der Waals surface area (Å²) in [4.78, 5) is 17.8. The van der Waals surface area contributed by atoms with Crippen LogP contribution in [0.5, 0.6) is 0 Å². The Hall–Kier alpha value is -1.11. The molecule has 0 unspecified atom stereocenters. The first-order chi connectivity index (χ1) is 8.33. The third kappa shape index (κ3) is 4.29. The maximum absolute atomic E-state index is 11.7. The molecule has 0 aliphatic heterocycles. The molecule has 0 bridgehead atoms. The minimum Gasteiger partial charge on any atom is -0.355 e. The monoisotopic (exact) mass is 291 g/mol. The zero-order valence-corrected chi connectivity index (χ0v) is 11.6. The maximum Gasteiger partial charge on any atom is 0.332 e. The highest BCUT2D eigenvalue weighted by Crippen LogP contribution is 2.27. The molecule has 0 fully saturated rings. The van der Waals surface area contributed by atoms with Crippen molar-refractivity contribution in [3.8, 4) is 0 Å². The van der Waals surface area contributed by atoms with E-state index in [1.807, 2.05) is 6.07 Å². The van der Waals surface area contributed by atoms with E-state index in [4.69, 9.17) is 11.6 Å². The van der Waals surface area contributed by atoms with Crippen molar-refractivity contribution in [3.05, 3.63) is 34.9 Å². The Bertz CT molecular complexity index is 506. The molecule has 0 heterocycles. The van der Waals surface area contributed by atoms with Gasteiger partial charge in [-0.15, -0.1) is 0 Å². The number of hydrogen-bond donors (Lipinski definition) is 2. The van der Waals surface area contributed by atoms with Gasteiger partial charge in [0.25, 0.3) is 0 Å². The number of rotatable bonds is 5. The van der Waals surface area contributed by atoms with Crippen molar-refractivity contribution in [1.29, 1.82) is 0 Å². The van der Waals surface area contributed by atoms with E-state index in [0.717, 1.165) is 5.56 Å². The van der Waals surface area contributed by atoms with Crippen LogP contribution in [-0.2, 0) is 26.9 Å². The van der Waals surface area contributed by atoms with Crippen LogP contribution in [0.3, 0.4) is 0 Å². The summed E-state index contributed by atoms with van der Waals surface area (Å²) in [6.45, 7) is 3.30. The Morgan fingerprint density at radius 3 is 2.56 bits per heavy atom. The second-order valence-corrected chi connectivity index (χ2v) is 5.49. The molecule has 0 amide bonds. The summed E-state index contributed by atoms with van der Waals surface area (Å²) in [5.74, 6) is -0.665. The van der Waals surface area contributed by atoms with Crippen molar-refractivity contribution in [2.24, 2.45) is 5.41 Å². The van der Waals surface area contributed by atoms with E-state index < -0.39 is 22.3 Å². The molecule has 0 saturated carbocycles. The molecule has 7 heteroatoms. The Kier molecular flexibility index (Phi) is 5.13. The molecule has 0 atom stereocenters. The minimum atomic E-state index is -2.96. The van der Waals surface area contributed by atoms with Crippen LogP contribution < -0.4 is 4.89 Å². The molecule has 18 heavy (non-hydrogen) atoms. The van der Waals surface area contributed by atoms with Crippen LogP contribution in [0.1, 0.15) is 19.4 Å². The van der Waals surface area contributed by atoms with E-state index in [1.54, 1.807) is 36.9 Å². The average molecular weight is 292 g/mol. The van der Waals surface area contributed by atoms with Gasteiger partial charge in [-0.1, -0.05) is 29.8 Å². The molecule has 0 radical (unpaired) electrons.